The first-order chi connectivity index (χ1) is 12.4. The van der Waals surface area contributed by atoms with Crippen molar-refractivity contribution < 1.29 is 24.9 Å². The average molecular weight is 367 g/mol. The second-order valence-electron chi connectivity index (χ2n) is 6.40. The van der Waals surface area contributed by atoms with E-state index in [1.54, 1.807) is 6.07 Å². The number of phenols is 1. The molecule has 6 heteroatoms. The van der Waals surface area contributed by atoms with E-state index in [1.165, 1.54) is 51.4 Å². The molecule has 0 saturated carbocycles. The molecule has 1 rings (SSSR count). The fourth-order valence-electron chi connectivity index (χ4n) is 2.45. The van der Waals surface area contributed by atoms with Crippen LogP contribution in [0.25, 0.3) is 0 Å². The molecule has 0 spiro atoms. The molecule has 6 nitrogen and oxygen atoms in total. The van der Waals surface area contributed by atoms with Gasteiger partial charge in [0, 0.05) is 0 Å². The summed E-state index contributed by atoms with van der Waals surface area (Å²) in [6.07, 6.45) is 11.2. The van der Waals surface area contributed by atoms with Gasteiger partial charge < -0.3 is 21.1 Å². The molecule has 1 atom stereocenters. The maximum absolute atomic E-state index is 9.85. The Hall–Kier alpha value is -2.08. The first kappa shape index (κ1) is 23.9. The van der Waals surface area contributed by atoms with Crippen LogP contribution in [-0.2, 0) is 16.0 Å². The maximum Gasteiger partial charge on any atom is 0.321 e. The summed E-state index contributed by atoms with van der Waals surface area (Å²) in [7, 11) is 0. The predicted octanol–water partition coefficient (Wildman–Crippen LogP) is 3.95. The van der Waals surface area contributed by atoms with Crippen molar-refractivity contribution in [3.8, 4) is 5.75 Å². The Morgan fingerprint density at radius 3 is 1.96 bits per heavy atom. The summed E-state index contributed by atoms with van der Waals surface area (Å²) in [5, 5.41) is 25.6. The van der Waals surface area contributed by atoms with E-state index in [-0.39, 0.29) is 0 Å². The van der Waals surface area contributed by atoms with Gasteiger partial charge in [0.25, 0.3) is 0 Å². The molecule has 1 aromatic carbocycles. The zero-order valence-electron chi connectivity index (χ0n) is 15.7. The van der Waals surface area contributed by atoms with E-state index in [4.69, 9.17) is 15.9 Å². The van der Waals surface area contributed by atoms with Crippen LogP contribution >= 0.6 is 0 Å². The molecular weight excluding hydrogens is 334 g/mol. The van der Waals surface area contributed by atoms with Crippen molar-refractivity contribution in [3.05, 3.63) is 29.8 Å². The van der Waals surface area contributed by atoms with Crippen LogP contribution in [0.3, 0.4) is 0 Å². The van der Waals surface area contributed by atoms with Gasteiger partial charge >= 0.3 is 11.9 Å². The van der Waals surface area contributed by atoms with Crippen LogP contribution < -0.4 is 5.73 Å². The standard InChI is InChI=1S/C16H26O.C4H7NO4/c1-2-3-4-5-6-7-8-9-12-15-13-10-11-14-16(15)17;5-2(4(8)9)1-3(6)7/h10-11,13-14,17H,2-9,12H2,1H3;2H,1,5H2,(H,6,7)(H,8,9)/t;2-/m.0/s1. The number of unbranched alkanes of at least 4 members (excludes halogenated alkanes) is 7. The summed E-state index contributed by atoms with van der Waals surface area (Å²) in [5.74, 6) is -2.04. The molecule has 5 N–H and O–H groups in total. The molecule has 0 amide bonds. The Morgan fingerprint density at radius 2 is 1.50 bits per heavy atom. The van der Waals surface area contributed by atoms with E-state index >= 15 is 0 Å². The molecule has 0 fully saturated rings. The highest BCUT2D eigenvalue weighted by molar-refractivity contribution is 5.80. The maximum atomic E-state index is 9.85. The van der Waals surface area contributed by atoms with Crippen LogP contribution in [0.15, 0.2) is 24.3 Å². The summed E-state index contributed by atoms with van der Waals surface area (Å²) in [5.41, 5.74) is 5.93. The number of carbonyl (C=O) groups is 2. The molecule has 148 valence electrons. The van der Waals surface area contributed by atoms with Crippen molar-refractivity contribution in [2.75, 3.05) is 0 Å². The number of carboxylic acid groups (broad SMARTS) is 2. The SMILES string of the molecule is CCCCCCCCCCc1ccccc1O.N[C@@H](CC(=O)O)C(=O)O. The van der Waals surface area contributed by atoms with Gasteiger partial charge in [-0.25, -0.2) is 0 Å². The fourth-order valence-corrected chi connectivity index (χ4v) is 2.45. The lowest BCUT2D eigenvalue weighted by Gasteiger charge is -2.04. The summed E-state index contributed by atoms with van der Waals surface area (Å²) in [6, 6.07) is 6.39. The number of hydrogen-bond acceptors (Lipinski definition) is 4. The predicted molar refractivity (Wildman–Crippen MR) is 102 cm³/mol. The molecule has 0 aliphatic rings. The Bertz CT molecular complexity index is 519. The highest BCUT2D eigenvalue weighted by atomic mass is 16.4. The number of rotatable bonds is 12. The van der Waals surface area contributed by atoms with Crippen molar-refractivity contribution in [1.29, 1.82) is 0 Å². The number of phenolic OH excluding ortho intramolecular Hbond substituents is 1. The number of carboxylic acids is 2. The lowest BCUT2D eigenvalue weighted by molar-refractivity contribution is -0.144. The number of aromatic hydroxyl groups is 1. The van der Waals surface area contributed by atoms with Crippen molar-refractivity contribution in [2.24, 2.45) is 5.73 Å². The van der Waals surface area contributed by atoms with Gasteiger partial charge in [-0.05, 0) is 24.5 Å². The van der Waals surface area contributed by atoms with Crippen molar-refractivity contribution in [1.82, 2.24) is 0 Å². The van der Waals surface area contributed by atoms with Crippen LogP contribution in [0, 0.1) is 0 Å². The minimum atomic E-state index is -1.29. The van der Waals surface area contributed by atoms with Gasteiger partial charge in [-0.15, -0.1) is 0 Å². The van der Waals surface area contributed by atoms with E-state index in [1.807, 2.05) is 18.2 Å². The molecule has 0 unspecified atom stereocenters. The fraction of sp³-hybridized carbons (Fsp3) is 0.600. The van der Waals surface area contributed by atoms with Crippen LogP contribution in [0.1, 0.15) is 70.3 Å². The van der Waals surface area contributed by atoms with E-state index in [2.05, 4.69) is 6.92 Å². The molecule has 1 aromatic rings. The monoisotopic (exact) mass is 367 g/mol. The lowest BCUT2D eigenvalue weighted by Crippen LogP contribution is -2.32. The van der Waals surface area contributed by atoms with Crippen LogP contribution in [0.2, 0.25) is 0 Å². The second kappa shape index (κ2) is 15.2. The molecule has 0 aliphatic carbocycles. The molecule has 0 bridgehead atoms. The number of para-hydroxylation sites is 1. The number of aryl methyl sites for hydroxylation is 1. The highest BCUT2D eigenvalue weighted by Gasteiger charge is 2.14. The minimum Gasteiger partial charge on any atom is -0.508 e. The Balaban J connectivity index is 0.000000590. The van der Waals surface area contributed by atoms with Crippen LogP contribution in [0.5, 0.6) is 5.75 Å². The van der Waals surface area contributed by atoms with E-state index in [0.29, 0.717) is 5.75 Å². The zero-order chi connectivity index (χ0) is 19.8. The molecule has 26 heavy (non-hydrogen) atoms. The van der Waals surface area contributed by atoms with Gasteiger partial charge in [-0.2, -0.15) is 0 Å². The van der Waals surface area contributed by atoms with Crippen LogP contribution in [0.4, 0.5) is 0 Å². The van der Waals surface area contributed by atoms with Gasteiger partial charge in [0.05, 0.1) is 6.42 Å². The van der Waals surface area contributed by atoms with Gasteiger partial charge in [-0.1, -0.05) is 70.1 Å². The van der Waals surface area contributed by atoms with Gasteiger partial charge in [0.1, 0.15) is 11.8 Å². The zero-order valence-corrected chi connectivity index (χ0v) is 15.7. The number of benzene rings is 1. The summed E-state index contributed by atoms with van der Waals surface area (Å²) >= 11 is 0. The summed E-state index contributed by atoms with van der Waals surface area (Å²) in [6.45, 7) is 2.26. The number of hydrogen-bond donors (Lipinski definition) is 4. The second-order valence-corrected chi connectivity index (χ2v) is 6.40. The van der Waals surface area contributed by atoms with Crippen LogP contribution in [-0.4, -0.2) is 33.3 Å². The number of aliphatic carboxylic acids is 2. The summed E-state index contributed by atoms with van der Waals surface area (Å²) in [4.78, 5) is 19.6. The van der Waals surface area contributed by atoms with E-state index < -0.39 is 24.4 Å². The smallest absolute Gasteiger partial charge is 0.321 e. The highest BCUT2D eigenvalue weighted by Crippen LogP contribution is 2.18. The van der Waals surface area contributed by atoms with E-state index in [9.17, 15) is 14.7 Å². The largest absolute Gasteiger partial charge is 0.508 e. The third-order valence-corrected chi connectivity index (χ3v) is 4.00. The van der Waals surface area contributed by atoms with Gasteiger partial charge in [0.2, 0.25) is 0 Å². The first-order valence-corrected chi connectivity index (χ1v) is 9.35. The lowest BCUT2D eigenvalue weighted by atomic mass is 10.0. The van der Waals surface area contributed by atoms with E-state index in [0.717, 1.165) is 12.0 Å². The topological polar surface area (TPSA) is 121 Å². The Morgan fingerprint density at radius 1 is 0.962 bits per heavy atom. The third kappa shape index (κ3) is 13.2. The minimum absolute atomic E-state index is 0.454. The van der Waals surface area contributed by atoms with Crippen molar-refractivity contribution in [3.63, 3.8) is 0 Å². The third-order valence-electron chi connectivity index (χ3n) is 4.00. The molecule has 0 heterocycles. The Labute approximate surface area is 156 Å². The Kier molecular flexibility index (Phi) is 14.0. The quantitative estimate of drug-likeness (QED) is 0.415. The van der Waals surface area contributed by atoms with Crippen molar-refractivity contribution in [2.45, 2.75) is 77.2 Å². The van der Waals surface area contributed by atoms with Crippen molar-refractivity contribution >= 4 is 11.9 Å². The normalized spacial score (nSPS) is 11.3. The summed E-state index contributed by atoms with van der Waals surface area (Å²) < 4.78 is 0. The molecule has 0 saturated heterocycles. The molecule has 0 aliphatic heterocycles. The first-order valence-electron chi connectivity index (χ1n) is 9.35. The van der Waals surface area contributed by atoms with Gasteiger partial charge in [0.15, 0.2) is 0 Å². The van der Waals surface area contributed by atoms with Gasteiger partial charge in [-0.3, -0.25) is 9.59 Å². The molecule has 0 aromatic heterocycles. The molecular formula is C20H33NO5. The number of nitrogens with two attached hydrogens (primary N) is 1. The molecule has 0 radical (unpaired) electrons. The average Bonchev–Trinajstić information content (AvgIpc) is 2.58.